The lowest BCUT2D eigenvalue weighted by Crippen LogP contribution is -2.36. The zero-order chi connectivity index (χ0) is 12.1. The third kappa shape index (κ3) is 3.27. The zero-order valence-corrected chi connectivity index (χ0v) is 8.84. The second-order valence-electron chi connectivity index (χ2n) is 3.54. The highest BCUT2D eigenvalue weighted by Gasteiger charge is 2.12. The van der Waals surface area contributed by atoms with Crippen LogP contribution in [0.1, 0.15) is 12.5 Å². The molecule has 0 aliphatic heterocycles. The number of halogens is 2. The second-order valence-corrected chi connectivity index (χ2v) is 3.54. The Balaban J connectivity index is 2.66. The van der Waals surface area contributed by atoms with Gasteiger partial charge in [0.05, 0.1) is 13.0 Å². The Bertz CT molecular complexity index is 382. The fourth-order valence-electron chi connectivity index (χ4n) is 1.23. The maximum absolute atomic E-state index is 13.2. The van der Waals surface area contributed by atoms with Gasteiger partial charge in [0.15, 0.2) is 11.6 Å². The zero-order valence-electron chi connectivity index (χ0n) is 8.84. The maximum atomic E-state index is 13.2. The molecule has 5 heteroatoms. The SMILES string of the molecule is CC(CO)NC(=O)Cc1cccc(F)c1F. The molecule has 1 atom stereocenters. The summed E-state index contributed by atoms with van der Waals surface area (Å²) in [6.45, 7) is 1.41. The average Bonchev–Trinajstić information content (AvgIpc) is 2.24. The molecule has 0 aliphatic carbocycles. The number of amides is 1. The molecule has 0 aromatic heterocycles. The number of hydrogen-bond acceptors (Lipinski definition) is 2. The van der Waals surface area contributed by atoms with Crippen LogP contribution >= 0.6 is 0 Å². The van der Waals surface area contributed by atoms with Crippen molar-refractivity contribution in [3.63, 3.8) is 0 Å². The number of carbonyl (C=O) groups excluding carboxylic acids is 1. The van der Waals surface area contributed by atoms with E-state index in [1.807, 2.05) is 0 Å². The molecule has 0 radical (unpaired) electrons. The van der Waals surface area contributed by atoms with Crippen LogP contribution in [-0.4, -0.2) is 23.7 Å². The van der Waals surface area contributed by atoms with Crippen molar-refractivity contribution in [2.75, 3.05) is 6.61 Å². The van der Waals surface area contributed by atoms with Gasteiger partial charge in [0.1, 0.15) is 0 Å². The molecule has 1 amide bonds. The molecule has 1 aromatic carbocycles. The third-order valence-corrected chi connectivity index (χ3v) is 2.06. The fraction of sp³-hybridized carbons (Fsp3) is 0.364. The summed E-state index contributed by atoms with van der Waals surface area (Å²) in [5, 5.41) is 11.1. The first-order chi connectivity index (χ1) is 7.54. The van der Waals surface area contributed by atoms with Gasteiger partial charge in [-0.15, -0.1) is 0 Å². The van der Waals surface area contributed by atoms with Crippen molar-refractivity contribution in [2.24, 2.45) is 0 Å². The number of rotatable bonds is 4. The van der Waals surface area contributed by atoms with Crippen LogP contribution in [0.25, 0.3) is 0 Å². The standard InChI is InChI=1S/C11H13F2NO2/c1-7(6-15)14-10(16)5-8-3-2-4-9(12)11(8)13/h2-4,7,15H,5-6H2,1H3,(H,14,16). The molecule has 1 unspecified atom stereocenters. The van der Waals surface area contributed by atoms with Gasteiger partial charge in [-0.1, -0.05) is 12.1 Å². The summed E-state index contributed by atoms with van der Waals surface area (Å²) < 4.78 is 26.0. The number of hydrogen-bond donors (Lipinski definition) is 2. The molecule has 88 valence electrons. The van der Waals surface area contributed by atoms with Crippen LogP contribution in [0.4, 0.5) is 8.78 Å². The van der Waals surface area contributed by atoms with Gasteiger partial charge >= 0.3 is 0 Å². The molecule has 16 heavy (non-hydrogen) atoms. The molecule has 1 rings (SSSR count). The molecule has 0 heterocycles. The summed E-state index contributed by atoms with van der Waals surface area (Å²) in [6, 6.07) is 3.29. The minimum atomic E-state index is -1.01. The minimum absolute atomic E-state index is 0.00244. The Hall–Kier alpha value is -1.49. The molecule has 0 saturated carbocycles. The van der Waals surface area contributed by atoms with Gasteiger partial charge in [-0.3, -0.25) is 4.79 Å². The first kappa shape index (κ1) is 12.6. The van der Waals surface area contributed by atoms with Crippen LogP contribution in [0.5, 0.6) is 0 Å². The van der Waals surface area contributed by atoms with Crippen molar-refractivity contribution < 1.29 is 18.7 Å². The summed E-state index contributed by atoms with van der Waals surface area (Å²) >= 11 is 0. The van der Waals surface area contributed by atoms with Gasteiger partial charge in [-0.05, 0) is 13.0 Å². The number of aliphatic hydroxyl groups is 1. The summed E-state index contributed by atoms with van der Waals surface area (Å²) in [6.07, 6.45) is -0.242. The van der Waals surface area contributed by atoms with Crippen molar-refractivity contribution in [3.8, 4) is 0 Å². The average molecular weight is 229 g/mol. The lowest BCUT2D eigenvalue weighted by molar-refractivity contribution is -0.121. The van der Waals surface area contributed by atoms with Gasteiger partial charge in [-0.25, -0.2) is 8.78 Å². The predicted octanol–water partition coefficient (Wildman–Crippen LogP) is 1.00. The Kier molecular flexibility index (Phi) is 4.37. The van der Waals surface area contributed by atoms with Gasteiger partial charge in [0.2, 0.25) is 5.91 Å². The normalized spacial score (nSPS) is 12.2. The number of nitrogens with one attached hydrogen (secondary N) is 1. The van der Waals surface area contributed by atoms with Crippen LogP contribution in [0.15, 0.2) is 18.2 Å². The Morgan fingerprint density at radius 2 is 2.19 bits per heavy atom. The van der Waals surface area contributed by atoms with Crippen LogP contribution in [0, 0.1) is 11.6 Å². The number of aliphatic hydroxyl groups excluding tert-OH is 1. The molecule has 0 bridgehead atoms. The van der Waals surface area contributed by atoms with Gasteiger partial charge in [0, 0.05) is 11.6 Å². The lowest BCUT2D eigenvalue weighted by Gasteiger charge is -2.10. The first-order valence-electron chi connectivity index (χ1n) is 4.87. The number of benzene rings is 1. The monoisotopic (exact) mass is 229 g/mol. The third-order valence-electron chi connectivity index (χ3n) is 2.06. The molecule has 0 fully saturated rings. The second kappa shape index (κ2) is 5.55. The summed E-state index contributed by atoms with van der Waals surface area (Å²) in [4.78, 5) is 11.3. The summed E-state index contributed by atoms with van der Waals surface area (Å²) in [5.41, 5.74) is 0.00244. The lowest BCUT2D eigenvalue weighted by atomic mass is 10.1. The van der Waals surface area contributed by atoms with E-state index in [1.165, 1.54) is 12.1 Å². The van der Waals surface area contributed by atoms with Gasteiger partial charge in [-0.2, -0.15) is 0 Å². The number of carbonyl (C=O) groups is 1. The van der Waals surface area contributed by atoms with Crippen molar-refractivity contribution >= 4 is 5.91 Å². The first-order valence-corrected chi connectivity index (χ1v) is 4.87. The highest BCUT2D eigenvalue weighted by molar-refractivity contribution is 5.78. The van der Waals surface area contributed by atoms with Crippen molar-refractivity contribution in [2.45, 2.75) is 19.4 Å². The van der Waals surface area contributed by atoms with E-state index in [1.54, 1.807) is 6.92 Å². The van der Waals surface area contributed by atoms with Crippen molar-refractivity contribution in [1.82, 2.24) is 5.32 Å². The van der Waals surface area contributed by atoms with E-state index in [4.69, 9.17) is 5.11 Å². The molecular formula is C11H13F2NO2. The van der Waals surface area contributed by atoms with E-state index in [0.29, 0.717) is 0 Å². The molecule has 1 aromatic rings. The van der Waals surface area contributed by atoms with Crippen LogP contribution in [0.3, 0.4) is 0 Å². The van der Waals surface area contributed by atoms with E-state index >= 15 is 0 Å². The quantitative estimate of drug-likeness (QED) is 0.809. The van der Waals surface area contributed by atoms with E-state index in [0.717, 1.165) is 6.07 Å². The summed E-state index contributed by atoms with van der Waals surface area (Å²) in [5.74, 6) is -2.43. The Morgan fingerprint density at radius 1 is 1.50 bits per heavy atom. The molecule has 3 nitrogen and oxygen atoms in total. The molecule has 0 saturated heterocycles. The molecule has 2 N–H and O–H groups in total. The molecular weight excluding hydrogens is 216 g/mol. The molecule has 0 aliphatic rings. The van der Waals surface area contributed by atoms with Gasteiger partial charge in [0.25, 0.3) is 0 Å². The van der Waals surface area contributed by atoms with Crippen molar-refractivity contribution in [1.29, 1.82) is 0 Å². The maximum Gasteiger partial charge on any atom is 0.224 e. The highest BCUT2D eigenvalue weighted by Crippen LogP contribution is 2.11. The Labute approximate surface area is 92.1 Å². The summed E-state index contributed by atoms with van der Waals surface area (Å²) in [7, 11) is 0. The van der Waals surface area contributed by atoms with E-state index in [9.17, 15) is 13.6 Å². The minimum Gasteiger partial charge on any atom is -0.394 e. The van der Waals surface area contributed by atoms with E-state index < -0.39 is 23.6 Å². The predicted molar refractivity (Wildman–Crippen MR) is 54.8 cm³/mol. The van der Waals surface area contributed by atoms with E-state index in [2.05, 4.69) is 5.32 Å². The van der Waals surface area contributed by atoms with Crippen LogP contribution < -0.4 is 5.32 Å². The fourth-order valence-corrected chi connectivity index (χ4v) is 1.23. The largest absolute Gasteiger partial charge is 0.394 e. The van der Waals surface area contributed by atoms with Crippen LogP contribution in [-0.2, 0) is 11.2 Å². The molecule has 0 spiro atoms. The van der Waals surface area contributed by atoms with Crippen molar-refractivity contribution in [3.05, 3.63) is 35.4 Å². The van der Waals surface area contributed by atoms with Gasteiger partial charge < -0.3 is 10.4 Å². The topological polar surface area (TPSA) is 49.3 Å². The highest BCUT2D eigenvalue weighted by atomic mass is 19.2. The Morgan fingerprint density at radius 3 is 2.81 bits per heavy atom. The smallest absolute Gasteiger partial charge is 0.224 e. The van der Waals surface area contributed by atoms with E-state index in [-0.39, 0.29) is 18.6 Å². The van der Waals surface area contributed by atoms with Crippen LogP contribution in [0.2, 0.25) is 0 Å².